The van der Waals surface area contributed by atoms with E-state index < -0.39 is 5.60 Å². The number of aliphatic hydroxyl groups is 1. The zero-order valence-corrected chi connectivity index (χ0v) is 22.9. The number of nitrogens with one attached hydrogen (secondary N) is 1. The molecule has 3 aliphatic rings. The first-order chi connectivity index (χ1) is 18.7. The fourth-order valence-electron chi connectivity index (χ4n) is 5.75. The van der Waals surface area contributed by atoms with Gasteiger partial charge in [-0.2, -0.15) is 10.1 Å². The van der Waals surface area contributed by atoms with Crippen LogP contribution in [0.2, 0.25) is 5.02 Å². The second kappa shape index (κ2) is 9.19. The molecule has 2 N–H and O–H groups in total. The molecule has 0 radical (unpaired) electrons. The van der Waals surface area contributed by atoms with Crippen molar-refractivity contribution in [2.75, 3.05) is 18.1 Å². The van der Waals surface area contributed by atoms with Crippen molar-refractivity contribution >= 4 is 28.5 Å². The van der Waals surface area contributed by atoms with Crippen LogP contribution >= 0.6 is 11.6 Å². The molecule has 10 nitrogen and oxygen atoms in total. The highest BCUT2D eigenvalue weighted by molar-refractivity contribution is 6.33. The number of halogens is 1. The second-order valence-corrected chi connectivity index (χ2v) is 11.9. The van der Waals surface area contributed by atoms with Gasteiger partial charge in [0, 0.05) is 35.5 Å². The third-order valence-corrected chi connectivity index (χ3v) is 7.89. The van der Waals surface area contributed by atoms with Gasteiger partial charge >= 0.3 is 0 Å². The monoisotopic (exact) mass is 550 g/mol. The van der Waals surface area contributed by atoms with Crippen molar-refractivity contribution in [3.05, 3.63) is 52.8 Å². The van der Waals surface area contributed by atoms with E-state index >= 15 is 0 Å². The average molecular weight is 551 g/mol. The normalized spacial score (nSPS) is 24.5. The molecule has 0 unspecified atom stereocenters. The summed E-state index contributed by atoms with van der Waals surface area (Å²) < 4.78 is 19.7. The average Bonchev–Trinajstić information content (AvgIpc) is 3.67. The third-order valence-electron chi connectivity index (χ3n) is 7.60. The largest absolute Gasteiger partial charge is 0.456 e. The fourth-order valence-corrected chi connectivity index (χ4v) is 6.01. The Kier molecular flexibility index (Phi) is 5.85. The van der Waals surface area contributed by atoms with Gasteiger partial charge in [0.15, 0.2) is 11.8 Å². The van der Waals surface area contributed by atoms with Crippen LogP contribution in [0.5, 0.6) is 6.01 Å². The Morgan fingerprint density at radius 1 is 1.13 bits per heavy atom. The number of nitrogens with zero attached hydrogens (tertiary/aromatic N) is 5. The number of aromatic nitrogens is 5. The summed E-state index contributed by atoms with van der Waals surface area (Å²) in [5, 5.41) is 15.3. The molecule has 11 heteroatoms. The molecule has 0 saturated carbocycles. The molecule has 2 fully saturated rings. The summed E-state index contributed by atoms with van der Waals surface area (Å²) in [5.74, 6) is 0.361. The van der Waals surface area contributed by atoms with Crippen molar-refractivity contribution in [1.29, 1.82) is 0 Å². The third kappa shape index (κ3) is 4.65. The quantitative estimate of drug-likeness (QED) is 0.371. The first kappa shape index (κ1) is 24.8. The molecule has 204 valence electrons. The van der Waals surface area contributed by atoms with Gasteiger partial charge in [-0.1, -0.05) is 30.7 Å². The molecule has 7 rings (SSSR count). The maximum absolute atomic E-state index is 10.1. The summed E-state index contributed by atoms with van der Waals surface area (Å²) in [6.45, 7) is 8.84. The summed E-state index contributed by atoms with van der Waals surface area (Å²) in [6, 6.07) is 10.4. The summed E-state index contributed by atoms with van der Waals surface area (Å²) in [6.07, 6.45) is 1.81. The molecule has 0 amide bonds. The Hall–Kier alpha value is -3.18. The molecule has 0 aliphatic carbocycles. The first-order valence-corrected chi connectivity index (χ1v) is 13.7. The van der Waals surface area contributed by atoms with E-state index in [0.717, 1.165) is 30.0 Å². The van der Waals surface area contributed by atoms with Gasteiger partial charge in [-0.15, -0.1) is 0 Å². The standard InChI is InChI=1S/C28H31ClN6O4/c1-15-12-37-25-22(13-38-24(15)25)39-27-30-20-8-19(29)23(31-26(20)32-27)16-4-6-18(7-5-16)34-9-17-10-35(14-28(2,3)36)33-21(17)11-34/h4-8,10,15,22,24-25,36H,9,11-14H2,1-3H3,(H,30,31,32)/t15-,22-,24-,25-/m1/s1. The Morgan fingerprint density at radius 2 is 1.92 bits per heavy atom. The van der Waals surface area contributed by atoms with E-state index in [2.05, 4.69) is 39.0 Å². The topological polar surface area (TPSA) is 111 Å². The maximum Gasteiger partial charge on any atom is 0.296 e. The minimum absolute atomic E-state index is 0.0692. The SMILES string of the molecule is C[C@@H]1CO[C@H]2[C@@H]1OC[C@H]2Oc1nc2nc(-c3ccc(N4Cc5cn(CC(C)(C)O)nc5C4)cc3)c(Cl)cc2[nH]1. The van der Waals surface area contributed by atoms with Gasteiger partial charge < -0.3 is 29.2 Å². The van der Waals surface area contributed by atoms with Gasteiger partial charge in [0.05, 0.1) is 59.9 Å². The number of H-pyrrole nitrogens is 1. The Morgan fingerprint density at radius 3 is 2.69 bits per heavy atom. The number of hydrogen-bond donors (Lipinski definition) is 2. The lowest BCUT2D eigenvalue weighted by Gasteiger charge is -2.20. The number of hydrogen-bond acceptors (Lipinski definition) is 8. The number of imidazole rings is 1. The van der Waals surface area contributed by atoms with E-state index in [-0.39, 0.29) is 18.3 Å². The minimum Gasteiger partial charge on any atom is -0.456 e. The Bertz CT molecular complexity index is 1500. The van der Waals surface area contributed by atoms with E-state index in [1.807, 2.05) is 29.1 Å². The van der Waals surface area contributed by atoms with Gasteiger partial charge in [-0.3, -0.25) is 4.68 Å². The van der Waals surface area contributed by atoms with Crippen LogP contribution in [0.3, 0.4) is 0 Å². The highest BCUT2D eigenvalue weighted by atomic mass is 35.5. The van der Waals surface area contributed by atoms with E-state index in [0.29, 0.717) is 53.6 Å². The van der Waals surface area contributed by atoms with Gasteiger partial charge in [0.2, 0.25) is 0 Å². The van der Waals surface area contributed by atoms with E-state index in [4.69, 9.17) is 30.8 Å². The molecule has 4 aromatic rings. The van der Waals surface area contributed by atoms with Crippen LogP contribution in [0.15, 0.2) is 36.5 Å². The molecular formula is C28H31ClN6O4. The molecule has 3 aromatic heterocycles. The van der Waals surface area contributed by atoms with Crippen LogP contribution < -0.4 is 9.64 Å². The van der Waals surface area contributed by atoms with Crippen LogP contribution in [0.1, 0.15) is 32.0 Å². The number of benzene rings is 1. The lowest BCUT2D eigenvalue weighted by molar-refractivity contribution is 0.0262. The van der Waals surface area contributed by atoms with Gasteiger partial charge in [-0.05, 0) is 32.0 Å². The Balaban J connectivity index is 1.06. The number of anilines is 1. The lowest BCUT2D eigenvalue weighted by atomic mass is 10.0. The van der Waals surface area contributed by atoms with Crippen LogP contribution in [0, 0.1) is 5.92 Å². The summed E-state index contributed by atoms with van der Waals surface area (Å²) in [4.78, 5) is 14.8. The predicted octanol–water partition coefficient (Wildman–Crippen LogP) is 3.95. The van der Waals surface area contributed by atoms with E-state index in [9.17, 15) is 5.11 Å². The molecule has 3 aliphatic heterocycles. The summed E-state index contributed by atoms with van der Waals surface area (Å²) in [7, 11) is 0. The number of aromatic amines is 1. The molecule has 0 bridgehead atoms. The number of pyridine rings is 1. The molecule has 4 atom stereocenters. The zero-order valence-electron chi connectivity index (χ0n) is 22.1. The van der Waals surface area contributed by atoms with Crippen LogP contribution in [-0.2, 0) is 29.1 Å². The maximum atomic E-state index is 10.1. The molecule has 0 spiro atoms. The molecule has 1 aromatic carbocycles. The van der Waals surface area contributed by atoms with Crippen molar-refractivity contribution in [3.63, 3.8) is 0 Å². The zero-order chi connectivity index (χ0) is 26.9. The molecule has 39 heavy (non-hydrogen) atoms. The molecule has 6 heterocycles. The highest BCUT2D eigenvalue weighted by Crippen LogP contribution is 2.35. The van der Waals surface area contributed by atoms with E-state index in [1.54, 1.807) is 13.8 Å². The van der Waals surface area contributed by atoms with Gasteiger partial charge in [0.1, 0.15) is 6.10 Å². The predicted molar refractivity (Wildman–Crippen MR) is 146 cm³/mol. The number of fused-ring (bicyclic) bond motifs is 3. The second-order valence-electron chi connectivity index (χ2n) is 11.5. The van der Waals surface area contributed by atoms with Crippen molar-refractivity contribution in [2.45, 2.75) is 64.3 Å². The molecular weight excluding hydrogens is 520 g/mol. The lowest BCUT2D eigenvalue weighted by Crippen LogP contribution is -2.33. The van der Waals surface area contributed by atoms with Gasteiger partial charge in [-0.25, -0.2) is 4.98 Å². The van der Waals surface area contributed by atoms with Crippen molar-refractivity contribution in [1.82, 2.24) is 24.7 Å². The van der Waals surface area contributed by atoms with Crippen LogP contribution in [-0.4, -0.2) is 67.0 Å². The highest BCUT2D eigenvalue weighted by Gasteiger charge is 2.47. The van der Waals surface area contributed by atoms with Crippen LogP contribution in [0.4, 0.5) is 5.69 Å². The van der Waals surface area contributed by atoms with Crippen molar-refractivity contribution in [3.8, 4) is 17.3 Å². The Labute approximate surface area is 230 Å². The van der Waals surface area contributed by atoms with Crippen LogP contribution in [0.25, 0.3) is 22.4 Å². The summed E-state index contributed by atoms with van der Waals surface area (Å²) in [5.41, 5.74) is 5.35. The van der Waals surface area contributed by atoms with Crippen molar-refractivity contribution < 1.29 is 19.3 Å². The van der Waals surface area contributed by atoms with Crippen molar-refractivity contribution in [2.24, 2.45) is 5.92 Å². The number of ether oxygens (including phenoxy) is 3. The fraction of sp³-hybridized carbons (Fsp3) is 0.464. The minimum atomic E-state index is -0.796. The molecule has 2 saturated heterocycles. The number of rotatable bonds is 6. The summed E-state index contributed by atoms with van der Waals surface area (Å²) >= 11 is 6.65. The van der Waals surface area contributed by atoms with E-state index in [1.165, 1.54) is 5.56 Å². The smallest absolute Gasteiger partial charge is 0.296 e. The van der Waals surface area contributed by atoms with Gasteiger partial charge in [0.25, 0.3) is 6.01 Å². The first-order valence-electron chi connectivity index (χ1n) is 13.3.